The van der Waals surface area contributed by atoms with Crippen LogP contribution in [0.5, 0.6) is 0 Å². The van der Waals surface area contributed by atoms with E-state index in [0.717, 1.165) is 6.07 Å². The molecule has 0 bridgehead atoms. The second kappa shape index (κ2) is 3.84. The van der Waals surface area contributed by atoms with Crippen LogP contribution in [0.15, 0.2) is 26.0 Å². The molecule has 0 atom stereocenters. The SMILES string of the molecule is O=S(=O)(Cl)c1c(F)cc(Br)cc1Br. The number of rotatable bonds is 1. The molecule has 13 heavy (non-hydrogen) atoms. The topological polar surface area (TPSA) is 34.1 Å². The molecule has 1 aromatic carbocycles. The van der Waals surface area contributed by atoms with Crippen molar-refractivity contribution in [3.8, 4) is 0 Å². The van der Waals surface area contributed by atoms with Gasteiger partial charge in [0, 0.05) is 19.6 Å². The molecule has 2 nitrogen and oxygen atoms in total. The first-order chi connectivity index (χ1) is 5.82. The summed E-state index contributed by atoms with van der Waals surface area (Å²) in [5, 5.41) is 0. The maximum Gasteiger partial charge on any atom is 0.265 e. The van der Waals surface area contributed by atoms with Gasteiger partial charge in [0.25, 0.3) is 9.05 Å². The number of halogens is 4. The Kier molecular flexibility index (Phi) is 3.38. The summed E-state index contributed by atoms with van der Waals surface area (Å²) >= 11 is 5.91. The van der Waals surface area contributed by atoms with Gasteiger partial charge in [0.05, 0.1) is 0 Å². The molecular formula is C6H2Br2ClFO2S. The van der Waals surface area contributed by atoms with Crippen molar-refractivity contribution >= 4 is 51.6 Å². The predicted molar refractivity (Wildman–Crippen MR) is 54.8 cm³/mol. The van der Waals surface area contributed by atoms with Gasteiger partial charge in [-0.2, -0.15) is 0 Å². The second-order valence-corrected chi connectivity index (χ2v) is 6.41. The standard InChI is InChI=1S/C6H2Br2ClFO2S/c7-3-1-4(8)6(5(10)2-3)13(9,11)12/h1-2H. The average molecular weight is 352 g/mol. The van der Waals surface area contributed by atoms with Gasteiger partial charge in [-0.05, 0) is 28.1 Å². The Morgan fingerprint density at radius 3 is 2.23 bits per heavy atom. The summed E-state index contributed by atoms with van der Waals surface area (Å²) in [6.45, 7) is 0. The van der Waals surface area contributed by atoms with Crippen molar-refractivity contribution in [2.24, 2.45) is 0 Å². The molecule has 0 amide bonds. The fraction of sp³-hybridized carbons (Fsp3) is 0. The highest BCUT2D eigenvalue weighted by molar-refractivity contribution is 9.11. The van der Waals surface area contributed by atoms with Crippen molar-refractivity contribution in [1.82, 2.24) is 0 Å². The molecule has 1 rings (SSSR count). The number of hydrogen-bond donors (Lipinski definition) is 0. The van der Waals surface area contributed by atoms with Gasteiger partial charge in [-0.1, -0.05) is 15.9 Å². The smallest absolute Gasteiger partial charge is 0.207 e. The summed E-state index contributed by atoms with van der Waals surface area (Å²) in [5.74, 6) is -0.892. The van der Waals surface area contributed by atoms with Crippen LogP contribution >= 0.6 is 42.5 Å². The van der Waals surface area contributed by atoms with Gasteiger partial charge < -0.3 is 0 Å². The molecule has 0 heterocycles. The van der Waals surface area contributed by atoms with Gasteiger partial charge in [-0.3, -0.25) is 0 Å². The van der Waals surface area contributed by atoms with E-state index in [2.05, 4.69) is 31.9 Å². The Hall–Kier alpha value is 0.350. The van der Waals surface area contributed by atoms with Crippen molar-refractivity contribution in [3.05, 3.63) is 26.9 Å². The Balaban J connectivity index is 3.57. The summed E-state index contributed by atoms with van der Waals surface area (Å²) in [5.41, 5.74) is 0. The summed E-state index contributed by atoms with van der Waals surface area (Å²) < 4.78 is 35.3. The summed E-state index contributed by atoms with van der Waals surface area (Å²) in [6.07, 6.45) is 0. The summed E-state index contributed by atoms with van der Waals surface area (Å²) in [4.78, 5) is -0.544. The monoisotopic (exact) mass is 350 g/mol. The van der Waals surface area contributed by atoms with Gasteiger partial charge in [0.15, 0.2) is 0 Å². The molecule has 72 valence electrons. The van der Waals surface area contributed by atoms with Gasteiger partial charge >= 0.3 is 0 Å². The molecule has 0 aliphatic heterocycles. The molecule has 0 aliphatic carbocycles. The number of hydrogen-bond acceptors (Lipinski definition) is 2. The molecule has 0 radical (unpaired) electrons. The van der Waals surface area contributed by atoms with Crippen molar-refractivity contribution < 1.29 is 12.8 Å². The van der Waals surface area contributed by atoms with Crippen LogP contribution in [0.4, 0.5) is 4.39 Å². The van der Waals surface area contributed by atoms with Gasteiger partial charge in [0.2, 0.25) is 0 Å². The normalized spacial score (nSPS) is 11.7. The molecule has 0 aliphatic rings. The zero-order chi connectivity index (χ0) is 10.2. The Labute approximate surface area is 95.8 Å². The molecule has 0 fully saturated rings. The van der Waals surface area contributed by atoms with Crippen LogP contribution < -0.4 is 0 Å². The second-order valence-electron chi connectivity index (χ2n) is 2.14. The molecule has 0 saturated carbocycles. The summed E-state index contributed by atoms with van der Waals surface area (Å²) in [7, 11) is 0.957. The summed E-state index contributed by atoms with van der Waals surface area (Å²) in [6, 6.07) is 2.43. The van der Waals surface area contributed by atoms with E-state index in [9.17, 15) is 12.8 Å². The lowest BCUT2D eigenvalue weighted by Crippen LogP contribution is -1.96. The number of benzene rings is 1. The minimum Gasteiger partial charge on any atom is -0.207 e. The van der Waals surface area contributed by atoms with Crippen LogP contribution in [0.25, 0.3) is 0 Å². The van der Waals surface area contributed by atoms with Crippen molar-refractivity contribution in [2.45, 2.75) is 4.90 Å². The quantitative estimate of drug-likeness (QED) is 0.727. The minimum absolute atomic E-state index is 0.0920. The van der Waals surface area contributed by atoms with Crippen LogP contribution in [0, 0.1) is 5.82 Å². The highest BCUT2D eigenvalue weighted by Gasteiger charge is 2.20. The largest absolute Gasteiger partial charge is 0.265 e. The minimum atomic E-state index is -4.05. The lowest BCUT2D eigenvalue weighted by molar-refractivity contribution is 0.573. The molecule has 7 heteroatoms. The van der Waals surface area contributed by atoms with Crippen LogP contribution in [0.3, 0.4) is 0 Å². The molecule has 0 saturated heterocycles. The van der Waals surface area contributed by atoms with E-state index < -0.39 is 19.8 Å². The van der Waals surface area contributed by atoms with Crippen molar-refractivity contribution in [1.29, 1.82) is 0 Å². The fourth-order valence-corrected chi connectivity index (χ4v) is 3.91. The van der Waals surface area contributed by atoms with Crippen LogP contribution in [0.2, 0.25) is 0 Å². The van der Waals surface area contributed by atoms with Crippen molar-refractivity contribution in [2.75, 3.05) is 0 Å². The van der Waals surface area contributed by atoms with Crippen molar-refractivity contribution in [3.63, 3.8) is 0 Å². The van der Waals surface area contributed by atoms with Gasteiger partial charge in [-0.15, -0.1) is 0 Å². The first-order valence-electron chi connectivity index (χ1n) is 2.91. The Bertz CT molecular complexity index is 423. The van der Waals surface area contributed by atoms with Crippen LogP contribution in [-0.2, 0) is 9.05 Å². The third-order valence-corrected chi connectivity index (χ3v) is 3.92. The molecule has 0 spiro atoms. The lowest BCUT2D eigenvalue weighted by Gasteiger charge is -2.02. The molecule has 0 aromatic heterocycles. The zero-order valence-electron chi connectivity index (χ0n) is 5.89. The molecular weight excluding hydrogens is 350 g/mol. The van der Waals surface area contributed by atoms with Gasteiger partial charge in [-0.25, -0.2) is 12.8 Å². The van der Waals surface area contributed by atoms with E-state index in [-0.39, 0.29) is 4.47 Å². The Morgan fingerprint density at radius 1 is 1.31 bits per heavy atom. The lowest BCUT2D eigenvalue weighted by atomic mass is 10.3. The van der Waals surface area contributed by atoms with E-state index >= 15 is 0 Å². The maximum absolute atomic E-state index is 13.1. The molecule has 0 unspecified atom stereocenters. The third-order valence-electron chi connectivity index (χ3n) is 1.21. The average Bonchev–Trinajstić information content (AvgIpc) is 1.78. The first-order valence-corrected chi connectivity index (χ1v) is 6.81. The zero-order valence-corrected chi connectivity index (χ0v) is 10.6. The predicted octanol–water partition coefficient (Wildman–Crippen LogP) is 3.28. The van der Waals surface area contributed by atoms with E-state index in [1.165, 1.54) is 6.07 Å². The highest BCUT2D eigenvalue weighted by Crippen LogP contribution is 2.30. The first kappa shape index (κ1) is 11.4. The van der Waals surface area contributed by atoms with E-state index in [1.54, 1.807) is 0 Å². The fourth-order valence-electron chi connectivity index (χ4n) is 0.762. The van der Waals surface area contributed by atoms with Crippen LogP contribution in [-0.4, -0.2) is 8.42 Å². The highest BCUT2D eigenvalue weighted by atomic mass is 79.9. The van der Waals surface area contributed by atoms with E-state index in [1.807, 2.05) is 0 Å². The Morgan fingerprint density at radius 2 is 1.85 bits per heavy atom. The molecule has 0 N–H and O–H groups in total. The van der Waals surface area contributed by atoms with Crippen LogP contribution in [0.1, 0.15) is 0 Å². The van der Waals surface area contributed by atoms with E-state index in [0.29, 0.717) is 4.47 Å². The third kappa shape index (κ3) is 2.65. The van der Waals surface area contributed by atoms with E-state index in [4.69, 9.17) is 10.7 Å². The molecule has 1 aromatic rings. The van der Waals surface area contributed by atoms with Gasteiger partial charge in [0.1, 0.15) is 10.7 Å². The maximum atomic E-state index is 13.1.